The molecule has 2 saturated heterocycles. The highest BCUT2D eigenvalue weighted by Crippen LogP contribution is 2.45. The van der Waals surface area contributed by atoms with Crippen LogP contribution in [0.25, 0.3) is 0 Å². The predicted octanol–water partition coefficient (Wildman–Crippen LogP) is 4.99. The fourth-order valence-electron chi connectivity index (χ4n) is 7.15. The quantitative estimate of drug-likeness (QED) is 0.263. The number of ether oxygens (including phenoxy) is 2. The lowest BCUT2D eigenvalue weighted by Crippen LogP contribution is -2.61. The topological polar surface area (TPSA) is 122 Å². The van der Waals surface area contributed by atoms with Crippen molar-refractivity contribution in [1.82, 2.24) is 20.2 Å². The number of amides is 1. The third-order valence-electron chi connectivity index (χ3n) is 9.97. The molecule has 3 fully saturated rings. The highest BCUT2D eigenvalue weighted by atomic mass is 16.5. The van der Waals surface area contributed by atoms with Gasteiger partial charge in [0.1, 0.15) is 17.6 Å². The average Bonchev–Trinajstić information content (AvgIpc) is 3.83. The lowest BCUT2D eigenvalue weighted by molar-refractivity contribution is -0.122. The van der Waals surface area contributed by atoms with Crippen molar-refractivity contribution in [3.05, 3.63) is 42.4 Å². The number of nitrogens with zero attached hydrogens (tertiary/aromatic N) is 6. The van der Waals surface area contributed by atoms with E-state index in [9.17, 15) is 9.59 Å². The van der Waals surface area contributed by atoms with E-state index in [0.29, 0.717) is 47.7 Å². The van der Waals surface area contributed by atoms with Gasteiger partial charge in [-0.1, -0.05) is 12.1 Å². The molecule has 0 bridgehead atoms. The Kier molecular flexibility index (Phi) is 9.31. The lowest BCUT2D eigenvalue weighted by Gasteiger charge is -2.54. The number of esters is 1. The van der Waals surface area contributed by atoms with Crippen LogP contribution in [0.4, 0.5) is 5.82 Å². The Labute approximate surface area is 265 Å². The summed E-state index contributed by atoms with van der Waals surface area (Å²) in [6, 6.07) is 7.32. The van der Waals surface area contributed by atoms with Crippen LogP contribution >= 0.6 is 0 Å². The summed E-state index contributed by atoms with van der Waals surface area (Å²) in [5.41, 5.74) is 0.271. The van der Waals surface area contributed by atoms with Crippen molar-refractivity contribution in [3.63, 3.8) is 0 Å². The van der Waals surface area contributed by atoms with Crippen LogP contribution in [-0.2, 0) is 9.53 Å². The number of benzene rings is 1. The molecule has 45 heavy (non-hydrogen) atoms. The van der Waals surface area contributed by atoms with Crippen LogP contribution in [0.1, 0.15) is 74.6 Å². The first-order valence-corrected chi connectivity index (χ1v) is 16.2. The molecule has 6 rings (SSSR count). The van der Waals surface area contributed by atoms with Crippen LogP contribution in [0.15, 0.2) is 47.0 Å². The molecule has 1 aromatic heterocycles. The van der Waals surface area contributed by atoms with Crippen LogP contribution in [-0.4, -0.2) is 78.3 Å². The summed E-state index contributed by atoms with van der Waals surface area (Å²) in [6.07, 6.45) is 17.8. The number of para-hydroxylation sites is 1. The van der Waals surface area contributed by atoms with Crippen molar-refractivity contribution in [2.24, 2.45) is 21.6 Å². The third kappa shape index (κ3) is 7.44. The molecular weight excluding hydrogens is 570 g/mol. The number of likely N-dealkylation sites (tertiary alicyclic amines) is 1. The zero-order chi connectivity index (χ0) is 31.3. The number of piperidine rings is 1. The maximum Gasteiger partial charge on any atom is 0.341 e. The summed E-state index contributed by atoms with van der Waals surface area (Å²) >= 11 is 0. The number of hydrogen-bond acceptors (Lipinski definition) is 10. The van der Waals surface area contributed by atoms with Gasteiger partial charge in [-0.2, -0.15) is 10.2 Å². The Bertz CT molecular complexity index is 1430. The number of carbonyl (C=O) groups is 2. The second-order valence-electron chi connectivity index (χ2n) is 13.1. The molecule has 238 valence electrons. The average molecular weight is 614 g/mol. The molecule has 4 aliphatic rings. The number of methoxy groups -OCH3 is 1. The van der Waals surface area contributed by atoms with Gasteiger partial charge in [0.2, 0.25) is 5.91 Å². The predicted molar refractivity (Wildman–Crippen MR) is 169 cm³/mol. The van der Waals surface area contributed by atoms with E-state index in [1.807, 2.05) is 6.07 Å². The number of nitrogens with one attached hydrogen (secondary N) is 1. The molecular formula is C34H43N7O4. The number of anilines is 1. The first-order chi connectivity index (χ1) is 21.9. The summed E-state index contributed by atoms with van der Waals surface area (Å²) < 4.78 is 11.1. The fraction of sp³-hybridized carbons (Fsp3) is 0.588. The van der Waals surface area contributed by atoms with Crippen molar-refractivity contribution >= 4 is 17.7 Å². The molecule has 2 aromatic rings. The molecule has 1 amide bonds. The largest absolute Gasteiger partial charge is 0.465 e. The van der Waals surface area contributed by atoms with E-state index in [-0.39, 0.29) is 17.6 Å². The number of aromatic nitrogens is 2. The van der Waals surface area contributed by atoms with E-state index in [0.717, 1.165) is 70.6 Å². The lowest BCUT2D eigenvalue weighted by atomic mass is 9.71. The molecule has 1 aromatic carbocycles. The smallest absolute Gasteiger partial charge is 0.341 e. The molecule has 4 heterocycles. The van der Waals surface area contributed by atoms with Gasteiger partial charge in [-0.05, 0) is 69.7 Å². The van der Waals surface area contributed by atoms with Crippen LogP contribution in [0.3, 0.4) is 0 Å². The van der Waals surface area contributed by atoms with E-state index in [1.165, 1.54) is 20.0 Å². The molecule has 11 nitrogen and oxygen atoms in total. The Morgan fingerprint density at radius 1 is 1.07 bits per heavy atom. The number of carbonyl (C=O) groups excluding carboxylic acids is 2. The minimum absolute atomic E-state index is 0.110. The van der Waals surface area contributed by atoms with Crippen LogP contribution in [0, 0.1) is 23.7 Å². The molecule has 0 atom stereocenters. The molecule has 3 aliphatic heterocycles. The van der Waals surface area contributed by atoms with E-state index >= 15 is 0 Å². The monoisotopic (exact) mass is 613 g/mol. The standard InChI is InChI=1S/C34H43N7O4/c1-3-4-14-34(38-39-34)15-13-30(42)37-26-11-9-25(10-12-26)21-40-18-16-33(17-19-40)22-41(23-33)31-29(20-35-24-36-31)45-28-8-6-5-7-27(28)32(43)44-2/h1,5-8,20,24-26H,4,9-19,21-23H2,2H3,(H,37,42). The molecule has 1 spiro atoms. The van der Waals surface area contributed by atoms with Gasteiger partial charge in [-0.3, -0.25) is 4.79 Å². The summed E-state index contributed by atoms with van der Waals surface area (Å²) in [7, 11) is 1.36. The van der Waals surface area contributed by atoms with E-state index in [1.54, 1.807) is 30.7 Å². The molecule has 0 unspecified atom stereocenters. The normalized spacial score (nSPS) is 23.1. The zero-order valence-corrected chi connectivity index (χ0v) is 26.1. The summed E-state index contributed by atoms with van der Waals surface area (Å²) in [5, 5.41) is 11.5. The number of terminal acetylenes is 1. The highest BCUT2D eigenvalue weighted by molar-refractivity contribution is 5.92. The number of rotatable bonds is 12. The van der Waals surface area contributed by atoms with Crippen molar-refractivity contribution in [2.75, 3.05) is 44.7 Å². The highest BCUT2D eigenvalue weighted by Gasteiger charge is 2.46. The summed E-state index contributed by atoms with van der Waals surface area (Å²) in [6.45, 7) is 5.24. The number of hydrogen-bond donors (Lipinski definition) is 1. The third-order valence-corrected chi connectivity index (χ3v) is 9.97. The van der Waals surface area contributed by atoms with Crippen LogP contribution in [0.2, 0.25) is 0 Å². The van der Waals surface area contributed by atoms with E-state index < -0.39 is 5.97 Å². The summed E-state index contributed by atoms with van der Waals surface area (Å²) in [5.74, 6) is 4.70. The van der Waals surface area contributed by atoms with Crippen molar-refractivity contribution in [1.29, 1.82) is 0 Å². The Morgan fingerprint density at radius 3 is 2.53 bits per heavy atom. The van der Waals surface area contributed by atoms with Gasteiger partial charge in [-0.25, -0.2) is 14.8 Å². The Hall–Kier alpha value is -4.04. The second kappa shape index (κ2) is 13.5. The minimum Gasteiger partial charge on any atom is -0.465 e. The second-order valence-corrected chi connectivity index (χ2v) is 13.1. The molecule has 1 N–H and O–H groups in total. The van der Waals surface area contributed by atoms with Gasteiger partial charge in [0.15, 0.2) is 17.2 Å². The maximum atomic E-state index is 12.5. The molecule has 0 radical (unpaired) electrons. The Balaban J connectivity index is 0.916. The van der Waals surface area contributed by atoms with Gasteiger partial charge in [-0.15, -0.1) is 12.3 Å². The van der Waals surface area contributed by atoms with Gasteiger partial charge in [0.25, 0.3) is 0 Å². The van der Waals surface area contributed by atoms with E-state index in [4.69, 9.17) is 15.9 Å². The van der Waals surface area contributed by atoms with Gasteiger partial charge in [0, 0.05) is 56.8 Å². The van der Waals surface area contributed by atoms with Crippen molar-refractivity contribution in [3.8, 4) is 23.8 Å². The van der Waals surface area contributed by atoms with Gasteiger partial charge < -0.3 is 24.6 Å². The maximum absolute atomic E-state index is 12.5. The SMILES string of the molecule is C#CCCC1(CCC(=O)NC2CCC(CN3CCC4(CC3)CN(c3ncncc3Oc3ccccc3C(=O)OC)C4)CC2)N=N1. The summed E-state index contributed by atoms with van der Waals surface area (Å²) in [4.78, 5) is 38.4. The zero-order valence-electron chi connectivity index (χ0n) is 26.1. The molecule has 1 saturated carbocycles. The first-order valence-electron chi connectivity index (χ1n) is 16.2. The van der Waals surface area contributed by atoms with Crippen molar-refractivity contribution < 1.29 is 19.1 Å². The molecule has 1 aliphatic carbocycles. The fourth-order valence-corrected chi connectivity index (χ4v) is 7.15. The van der Waals surface area contributed by atoms with Crippen molar-refractivity contribution in [2.45, 2.75) is 75.9 Å². The first kappa shape index (κ1) is 31.0. The van der Waals surface area contributed by atoms with Crippen LogP contribution in [0.5, 0.6) is 11.5 Å². The Morgan fingerprint density at radius 2 is 1.82 bits per heavy atom. The van der Waals surface area contributed by atoms with Gasteiger partial charge in [0.05, 0.1) is 13.3 Å². The van der Waals surface area contributed by atoms with E-state index in [2.05, 4.69) is 41.2 Å². The minimum atomic E-state index is -0.447. The van der Waals surface area contributed by atoms with Crippen LogP contribution < -0.4 is 15.0 Å². The van der Waals surface area contributed by atoms with Gasteiger partial charge >= 0.3 is 5.97 Å². The molecule has 11 heteroatoms.